The van der Waals surface area contributed by atoms with Crippen LogP contribution in [0.5, 0.6) is 0 Å². The van der Waals surface area contributed by atoms with E-state index in [4.69, 9.17) is 14.7 Å². The van der Waals surface area contributed by atoms with E-state index in [1.165, 1.54) is 7.11 Å². The van der Waals surface area contributed by atoms with Gasteiger partial charge in [0.05, 0.1) is 42.9 Å². The summed E-state index contributed by atoms with van der Waals surface area (Å²) in [5.74, 6) is 2.69. The zero-order chi connectivity index (χ0) is 40.5. The monoisotopic (exact) mass is 782 g/mol. The first-order valence-electron chi connectivity index (χ1n) is 20.8. The predicted molar refractivity (Wildman–Crippen MR) is 222 cm³/mol. The molecule has 2 aliphatic carbocycles. The number of H-pyrrole nitrogens is 2. The van der Waals surface area contributed by atoms with Crippen LogP contribution in [-0.4, -0.2) is 67.4 Å². The van der Waals surface area contributed by atoms with E-state index >= 15 is 0 Å². The fraction of sp³-hybridized carbons (Fsp3) is 0.435. The molecule has 58 heavy (non-hydrogen) atoms. The SMILES string of the molecule is COC(=O)N[C@H](C(=O)N1CCC[C@H]1c1ncc(-c2ccc(-c3ccc(-c4cnc(C5C6CCC(C6)[C@@H]5C(=O)NCc5cccnc5C(C)C)[nH]4)cc3)cc2)[nH]1)C(C)C. The molecule has 4 N–H and O–H groups in total. The first-order valence-corrected chi connectivity index (χ1v) is 20.8. The van der Waals surface area contributed by atoms with Crippen LogP contribution in [0.25, 0.3) is 33.6 Å². The van der Waals surface area contributed by atoms with Crippen molar-refractivity contribution >= 4 is 17.9 Å². The number of likely N-dealkylation sites (tertiary alicyclic amines) is 1. The van der Waals surface area contributed by atoms with Crippen molar-refractivity contribution in [3.8, 4) is 33.6 Å². The van der Waals surface area contributed by atoms with Gasteiger partial charge in [-0.3, -0.25) is 14.6 Å². The largest absolute Gasteiger partial charge is 0.453 e. The van der Waals surface area contributed by atoms with Crippen LogP contribution >= 0.6 is 0 Å². The third-order valence-corrected chi connectivity index (χ3v) is 12.6. The molecular weight excluding hydrogens is 729 g/mol. The molecule has 2 aromatic carbocycles. The average molecular weight is 783 g/mol. The third kappa shape index (κ3) is 7.76. The van der Waals surface area contributed by atoms with Crippen molar-refractivity contribution in [2.45, 2.75) is 90.3 Å². The van der Waals surface area contributed by atoms with E-state index in [2.05, 4.69) is 94.0 Å². The molecule has 3 aliphatic rings. The molecule has 8 rings (SSSR count). The molecule has 0 radical (unpaired) electrons. The summed E-state index contributed by atoms with van der Waals surface area (Å²) in [5.41, 5.74) is 8.17. The van der Waals surface area contributed by atoms with Gasteiger partial charge in [-0.25, -0.2) is 14.8 Å². The Labute approximate surface area is 340 Å². The summed E-state index contributed by atoms with van der Waals surface area (Å²) < 4.78 is 4.77. The second kappa shape index (κ2) is 16.6. The van der Waals surface area contributed by atoms with Crippen molar-refractivity contribution in [1.29, 1.82) is 0 Å². The van der Waals surface area contributed by atoms with Crippen molar-refractivity contribution in [2.24, 2.45) is 23.7 Å². The Bertz CT molecular complexity index is 2240. The standard InChI is InChI=1S/C46H54N8O4/c1-26(2)40-34(8-6-20-47-40)23-50-44(55)39-33-19-18-32(22-33)38(39)43-49-25-36(52-43)31-16-12-29(13-17-31)28-10-14-30(15-11-28)35-24-48-42(51-35)37-9-7-21-54(37)45(56)41(27(3)4)53-46(57)58-5/h6,8,10-17,20,24-27,32-33,37-39,41H,7,9,18-19,21-23H2,1-5H3,(H,48,51)(H,49,52)(H,50,55)(H,53,57)/t32?,33?,37-,38?,39-,41-/m0/s1. The molecular formula is C46H54N8O4. The molecule has 12 nitrogen and oxygen atoms in total. The lowest BCUT2D eigenvalue weighted by Gasteiger charge is -2.30. The molecule has 0 spiro atoms. The summed E-state index contributed by atoms with van der Waals surface area (Å²) in [5, 5.41) is 5.98. The fourth-order valence-electron chi connectivity index (χ4n) is 9.67. The van der Waals surface area contributed by atoms with E-state index in [1.54, 1.807) is 0 Å². The lowest BCUT2D eigenvalue weighted by atomic mass is 9.78. The molecule has 6 atom stereocenters. The number of amides is 3. The van der Waals surface area contributed by atoms with Crippen LogP contribution in [0.3, 0.4) is 0 Å². The highest BCUT2D eigenvalue weighted by Gasteiger charge is 2.52. The number of rotatable bonds is 12. The van der Waals surface area contributed by atoms with Crippen molar-refractivity contribution in [3.63, 3.8) is 0 Å². The maximum Gasteiger partial charge on any atom is 0.407 e. The highest BCUT2D eigenvalue weighted by atomic mass is 16.5. The van der Waals surface area contributed by atoms with Crippen LogP contribution in [0.15, 0.2) is 79.3 Å². The van der Waals surface area contributed by atoms with E-state index in [1.807, 2.05) is 43.4 Å². The molecule has 302 valence electrons. The van der Waals surface area contributed by atoms with Gasteiger partial charge in [-0.05, 0) is 89.7 Å². The number of aromatic nitrogens is 5. The number of fused-ring (bicyclic) bond motifs is 2. The van der Waals surface area contributed by atoms with Gasteiger partial charge in [0, 0.05) is 30.9 Å². The Morgan fingerprint density at radius 3 is 2.07 bits per heavy atom. The Morgan fingerprint density at radius 1 is 0.810 bits per heavy atom. The minimum Gasteiger partial charge on any atom is -0.453 e. The first kappa shape index (κ1) is 39.1. The molecule has 3 amide bonds. The molecule has 3 fully saturated rings. The van der Waals surface area contributed by atoms with Crippen LogP contribution in [0.1, 0.15) is 101 Å². The predicted octanol–water partition coefficient (Wildman–Crippen LogP) is 8.14. The number of benzene rings is 2. The number of hydrogen-bond acceptors (Lipinski definition) is 7. The van der Waals surface area contributed by atoms with E-state index in [9.17, 15) is 14.4 Å². The third-order valence-electron chi connectivity index (χ3n) is 12.6. The summed E-state index contributed by atoms with van der Waals surface area (Å²) in [6.45, 7) is 9.18. The summed E-state index contributed by atoms with van der Waals surface area (Å²) in [7, 11) is 1.30. The number of imidazole rings is 2. The molecule has 12 heteroatoms. The zero-order valence-corrected chi connectivity index (χ0v) is 34.0. The molecule has 4 heterocycles. The minimum absolute atomic E-state index is 0.0851. The summed E-state index contributed by atoms with van der Waals surface area (Å²) >= 11 is 0. The van der Waals surface area contributed by atoms with Crippen LogP contribution in [0, 0.1) is 23.7 Å². The number of ether oxygens (including phenoxy) is 1. The topological polar surface area (TPSA) is 158 Å². The van der Waals surface area contributed by atoms with E-state index < -0.39 is 12.1 Å². The van der Waals surface area contributed by atoms with Crippen molar-refractivity contribution in [2.75, 3.05) is 13.7 Å². The molecule has 3 aromatic heterocycles. The smallest absolute Gasteiger partial charge is 0.407 e. The molecule has 2 saturated carbocycles. The second-order valence-corrected chi connectivity index (χ2v) is 16.9. The number of methoxy groups -OCH3 is 1. The molecule has 1 saturated heterocycles. The lowest BCUT2D eigenvalue weighted by molar-refractivity contribution is -0.135. The van der Waals surface area contributed by atoms with E-state index in [0.717, 1.165) is 88.7 Å². The number of aromatic amines is 2. The first-order chi connectivity index (χ1) is 28.1. The maximum atomic E-state index is 13.8. The van der Waals surface area contributed by atoms with Gasteiger partial charge in [0.15, 0.2) is 0 Å². The Balaban J connectivity index is 0.916. The number of hydrogen-bond donors (Lipinski definition) is 4. The van der Waals surface area contributed by atoms with Gasteiger partial charge >= 0.3 is 6.09 Å². The van der Waals surface area contributed by atoms with Crippen LogP contribution in [-0.2, 0) is 20.9 Å². The van der Waals surface area contributed by atoms with Gasteiger partial charge in [0.25, 0.3) is 0 Å². The normalized spacial score (nSPS) is 21.8. The Hall–Kier alpha value is -5.78. The van der Waals surface area contributed by atoms with Gasteiger partial charge in [0.2, 0.25) is 11.8 Å². The van der Waals surface area contributed by atoms with Crippen LogP contribution in [0.2, 0.25) is 0 Å². The summed E-state index contributed by atoms with van der Waals surface area (Å²) in [4.78, 5) is 62.4. The number of pyridine rings is 1. The van der Waals surface area contributed by atoms with E-state index in [-0.39, 0.29) is 35.6 Å². The van der Waals surface area contributed by atoms with Gasteiger partial charge in [-0.15, -0.1) is 0 Å². The molecule has 3 unspecified atom stereocenters. The number of nitrogens with one attached hydrogen (secondary N) is 4. The number of alkyl carbamates (subject to hydrolysis) is 1. The van der Waals surface area contributed by atoms with Crippen LogP contribution < -0.4 is 10.6 Å². The van der Waals surface area contributed by atoms with Gasteiger partial charge in [-0.1, -0.05) is 82.3 Å². The molecule has 5 aromatic rings. The minimum atomic E-state index is -0.678. The fourth-order valence-corrected chi connectivity index (χ4v) is 9.67. The lowest BCUT2D eigenvalue weighted by Crippen LogP contribution is -2.51. The highest BCUT2D eigenvalue weighted by molar-refractivity contribution is 5.86. The van der Waals surface area contributed by atoms with Gasteiger partial charge in [0.1, 0.15) is 17.7 Å². The Morgan fingerprint density at radius 2 is 1.43 bits per heavy atom. The van der Waals surface area contributed by atoms with Crippen molar-refractivity contribution in [1.82, 2.24) is 40.5 Å². The number of carbonyl (C=O) groups excluding carboxylic acids is 3. The van der Waals surface area contributed by atoms with Gasteiger partial charge in [-0.2, -0.15) is 0 Å². The van der Waals surface area contributed by atoms with Gasteiger partial charge < -0.3 is 30.2 Å². The number of nitrogens with zero attached hydrogens (tertiary/aromatic N) is 4. The zero-order valence-electron chi connectivity index (χ0n) is 34.0. The summed E-state index contributed by atoms with van der Waals surface area (Å²) in [6.07, 6.45) is 9.90. The molecule has 1 aliphatic heterocycles. The van der Waals surface area contributed by atoms with Crippen molar-refractivity contribution in [3.05, 3.63) is 102 Å². The summed E-state index contributed by atoms with van der Waals surface area (Å²) in [6, 6.07) is 20.0. The Kier molecular flexibility index (Phi) is 11.2. The highest BCUT2D eigenvalue weighted by Crippen LogP contribution is 2.56. The maximum absolute atomic E-state index is 13.8. The quantitative estimate of drug-likeness (QED) is 0.0995. The van der Waals surface area contributed by atoms with Crippen LogP contribution in [0.4, 0.5) is 4.79 Å². The number of carbonyl (C=O) groups is 3. The second-order valence-electron chi connectivity index (χ2n) is 16.9. The average Bonchev–Trinajstić information content (AvgIpc) is 4.10. The van der Waals surface area contributed by atoms with Crippen molar-refractivity contribution < 1.29 is 19.1 Å². The molecule has 2 bridgehead atoms. The van der Waals surface area contributed by atoms with E-state index in [0.29, 0.717) is 30.8 Å².